The zero-order valence-corrected chi connectivity index (χ0v) is 24.0. The number of carboxylic acid groups (broad SMARTS) is 1. The Bertz CT molecular complexity index is 861. The molecular weight excluding hydrogens is 432 g/mol. The summed E-state index contributed by atoms with van der Waals surface area (Å²) in [6.07, 6.45) is 11.7. The Kier molecular flexibility index (Phi) is 6.69. The van der Waals surface area contributed by atoms with Crippen LogP contribution in [0.15, 0.2) is 12.2 Å². The van der Waals surface area contributed by atoms with Crippen LogP contribution in [0.5, 0.6) is 0 Å². The summed E-state index contributed by atoms with van der Waals surface area (Å²) in [4.78, 5) is 11.4. The van der Waals surface area contributed by atoms with Gasteiger partial charge in [-0.15, -0.1) is 0 Å². The van der Waals surface area contributed by atoms with E-state index in [1.807, 2.05) is 0 Å². The van der Waals surface area contributed by atoms with E-state index in [2.05, 4.69) is 55.0 Å². The second-order valence-electron chi connectivity index (χ2n) is 15.1. The van der Waals surface area contributed by atoms with Gasteiger partial charge in [-0.2, -0.15) is 0 Å². The van der Waals surface area contributed by atoms with Crippen LogP contribution in [-0.4, -0.2) is 22.3 Å². The van der Waals surface area contributed by atoms with Crippen LogP contribution in [0.4, 0.5) is 0 Å². The van der Waals surface area contributed by atoms with E-state index in [0.29, 0.717) is 39.4 Å². The molecule has 4 saturated carbocycles. The van der Waals surface area contributed by atoms with Crippen molar-refractivity contribution in [3.05, 3.63) is 12.2 Å². The maximum absolute atomic E-state index is 11.4. The van der Waals surface area contributed by atoms with Crippen LogP contribution in [0.25, 0.3) is 0 Å². The first kappa shape index (κ1) is 27.2. The molecule has 4 fully saturated rings. The van der Waals surface area contributed by atoms with Crippen molar-refractivity contribution in [1.29, 1.82) is 0 Å². The number of carbonyl (C=O) groups is 1. The van der Waals surface area contributed by atoms with Gasteiger partial charge in [-0.05, 0) is 122 Å². The smallest absolute Gasteiger partial charge is 0.310 e. The number of aliphatic hydroxyl groups is 1. The Balaban J connectivity index is 1.57. The zero-order chi connectivity index (χ0) is 26.2. The fourth-order valence-corrected chi connectivity index (χ4v) is 10.9. The average Bonchev–Trinajstić information content (AvgIpc) is 3.06. The van der Waals surface area contributed by atoms with Crippen molar-refractivity contribution in [2.45, 2.75) is 126 Å². The quantitative estimate of drug-likeness (QED) is 0.373. The van der Waals surface area contributed by atoms with Gasteiger partial charge in [0.25, 0.3) is 0 Å². The lowest BCUT2D eigenvalue weighted by Gasteiger charge is -2.72. The monoisotopic (exact) mass is 486 g/mol. The molecule has 10 atom stereocenters. The summed E-state index contributed by atoms with van der Waals surface area (Å²) in [7, 11) is 0. The van der Waals surface area contributed by atoms with E-state index >= 15 is 0 Å². The topological polar surface area (TPSA) is 57.5 Å². The van der Waals surface area contributed by atoms with Gasteiger partial charge in [0.2, 0.25) is 0 Å². The molecule has 4 rings (SSSR count). The Hall–Kier alpha value is -0.830. The number of hydrogen-bond acceptors (Lipinski definition) is 2. The molecule has 0 heterocycles. The lowest BCUT2D eigenvalue weighted by Crippen LogP contribution is -2.66. The van der Waals surface area contributed by atoms with E-state index in [-0.39, 0.29) is 11.5 Å². The van der Waals surface area contributed by atoms with Gasteiger partial charge in [-0.1, -0.05) is 60.6 Å². The van der Waals surface area contributed by atoms with Gasteiger partial charge in [0.15, 0.2) is 0 Å². The molecule has 4 aliphatic carbocycles. The predicted octanol–water partition coefficient (Wildman–Crippen LogP) is 8.12. The van der Waals surface area contributed by atoms with Crippen molar-refractivity contribution >= 4 is 5.97 Å². The fraction of sp³-hybridized carbons (Fsp3) is 0.906. The van der Waals surface area contributed by atoms with E-state index in [0.717, 1.165) is 30.8 Å². The average molecular weight is 487 g/mol. The fourth-order valence-electron chi connectivity index (χ4n) is 10.9. The summed E-state index contributed by atoms with van der Waals surface area (Å²) in [5.41, 5.74) is 2.23. The zero-order valence-electron chi connectivity index (χ0n) is 24.0. The minimum atomic E-state index is -0.753. The number of carboxylic acids is 1. The first-order valence-corrected chi connectivity index (χ1v) is 14.6. The van der Waals surface area contributed by atoms with Crippen molar-refractivity contribution in [2.24, 2.45) is 56.7 Å². The lowest BCUT2D eigenvalue weighted by molar-refractivity contribution is -0.244. The Labute approximate surface area is 215 Å². The summed E-state index contributed by atoms with van der Waals surface area (Å²) < 4.78 is 0. The summed E-state index contributed by atoms with van der Waals surface area (Å²) >= 11 is 0. The SMILES string of the molecule is C=C(CCC(C)[C@H]1CCC2(C)C3CCC4C(C)(C)[C@@H](O)CC[C@]4(C)[C@]3(C)CC[C@]12C)C(C)C(=O)O. The first-order valence-electron chi connectivity index (χ1n) is 14.6. The van der Waals surface area contributed by atoms with Crippen molar-refractivity contribution < 1.29 is 15.0 Å². The van der Waals surface area contributed by atoms with E-state index in [4.69, 9.17) is 0 Å². The van der Waals surface area contributed by atoms with Crippen molar-refractivity contribution in [1.82, 2.24) is 0 Å². The van der Waals surface area contributed by atoms with Gasteiger partial charge < -0.3 is 10.2 Å². The number of hydrogen-bond donors (Lipinski definition) is 2. The van der Waals surface area contributed by atoms with Gasteiger partial charge in [0, 0.05) is 0 Å². The second-order valence-corrected chi connectivity index (χ2v) is 15.1. The predicted molar refractivity (Wildman–Crippen MR) is 144 cm³/mol. The molecule has 35 heavy (non-hydrogen) atoms. The standard InChI is InChI=1S/C32H54O3/c1-20(22(3)27(34)35)10-11-21(2)23-14-16-31(8)25-13-12-24-28(4,5)26(33)15-17-30(24,7)32(25,9)19-18-29(23,31)6/h21-26,33H,1,10-19H2,2-9H3,(H,34,35)/t21?,22?,23-,24?,25?,26+,29-,30+,31?,32-/m1/s1. The third-order valence-electron chi connectivity index (χ3n) is 13.9. The molecule has 0 saturated heterocycles. The molecule has 0 aromatic carbocycles. The molecule has 200 valence electrons. The molecule has 0 aromatic rings. The number of fused-ring (bicyclic) bond motifs is 5. The molecular formula is C32H54O3. The number of aliphatic carboxylic acids is 1. The largest absolute Gasteiger partial charge is 0.481 e. The second kappa shape index (κ2) is 8.60. The minimum Gasteiger partial charge on any atom is -0.481 e. The highest BCUT2D eigenvalue weighted by molar-refractivity contribution is 5.72. The molecule has 3 heteroatoms. The summed E-state index contributed by atoms with van der Waals surface area (Å²) in [6, 6.07) is 0. The number of aliphatic hydroxyl groups excluding tert-OH is 1. The lowest BCUT2D eigenvalue weighted by atomic mass is 9.33. The van der Waals surface area contributed by atoms with E-state index in [1.165, 1.54) is 44.9 Å². The highest BCUT2D eigenvalue weighted by Gasteiger charge is 2.71. The van der Waals surface area contributed by atoms with Crippen LogP contribution >= 0.6 is 0 Å². The van der Waals surface area contributed by atoms with Crippen molar-refractivity contribution in [3.63, 3.8) is 0 Å². The number of rotatable bonds is 6. The third-order valence-corrected chi connectivity index (χ3v) is 13.9. The van der Waals surface area contributed by atoms with E-state index in [1.54, 1.807) is 6.92 Å². The van der Waals surface area contributed by atoms with Crippen molar-refractivity contribution in [3.8, 4) is 0 Å². The Morgan fingerprint density at radius 1 is 0.829 bits per heavy atom. The summed E-state index contributed by atoms with van der Waals surface area (Å²) in [6.45, 7) is 23.5. The summed E-state index contributed by atoms with van der Waals surface area (Å²) in [5.74, 6) is 1.46. The van der Waals surface area contributed by atoms with Crippen LogP contribution < -0.4 is 0 Å². The van der Waals surface area contributed by atoms with Gasteiger partial charge in [-0.25, -0.2) is 0 Å². The third kappa shape index (κ3) is 3.63. The molecule has 0 spiro atoms. The van der Waals surface area contributed by atoms with Crippen LogP contribution in [0.2, 0.25) is 0 Å². The molecule has 2 N–H and O–H groups in total. The van der Waals surface area contributed by atoms with Gasteiger partial charge in [-0.3, -0.25) is 4.79 Å². The van der Waals surface area contributed by atoms with Gasteiger partial charge >= 0.3 is 5.97 Å². The normalized spacial score (nSPS) is 48.3. The van der Waals surface area contributed by atoms with Crippen LogP contribution in [-0.2, 0) is 4.79 Å². The van der Waals surface area contributed by atoms with Gasteiger partial charge in [0.05, 0.1) is 12.0 Å². The highest BCUT2D eigenvalue weighted by atomic mass is 16.4. The highest BCUT2D eigenvalue weighted by Crippen LogP contribution is 2.78. The van der Waals surface area contributed by atoms with Crippen LogP contribution in [0.1, 0.15) is 120 Å². The molecule has 3 nitrogen and oxygen atoms in total. The molecule has 0 aromatic heterocycles. The van der Waals surface area contributed by atoms with Gasteiger partial charge in [0.1, 0.15) is 0 Å². The molecule has 4 aliphatic rings. The van der Waals surface area contributed by atoms with Crippen LogP contribution in [0, 0.1) is 56.7 Å². The molecule has 0 bridgehead atoms. The van der Waals surface area contributed by atoms with E-state index in [9.17, 15) is 15.0 Å². The van der Waals surface area contributed by atoms with Crippen molar-refractivity contribution in [2.75, 3.05) is 0 Å². The molecule has 0 amide bonds. The van der Waals surface area contributed by atoms with Crippen LogP contribution in [0.3, 0.4) is 0 Å². The molecule has 0 radical (unpaired) electrons. The summed E-state index contributed by atoms with van der Waals surface area (Å²) in [5, 5.41) is 20.3. The first-order chi connectivity index (χ1) is 16.1. The Morgan fingerprint density at radius 3 is 1.97 bits per heavy atom. The molecule has 0 aliphatic heterocycles. The minimum absolute atomic E-state index is 0.00481. The Morgan fingerprint density at radius 2 is 1.34 bits per heavy atom. The maximum Gasteiger partial charge on any atom is 0.310 e. The van der Waals surface area contributed by atoms with E-state index < -0.39 is 11.9 Å². The maximum atomic E-state index is 11.4. The molecule has 5 unspecified atom stereocenters.